The molecule has 116 valence electrons. The molecule has 2 heterocycles. The Morgan fingerprint density at radius 3 is 2.61 bits per heavy atom. The van der Waals surface area contributed by atoms with Gasteiger partial charge in [-0.05, 0) is 42.6 Å². The summed E-state index contributed by atoms with van der Waals surface area (Å²) in [6.45, 7) is 1.73. The van der Waals surface area contributed by atoms with Crippen molar-refractivity contribution < 1.29 is 13.6 Å². The zero-order valence-electron chi connectivity index (χ0n) is 12.1. The fourth-order valence-electron chi connectivity index (χ4n) is 2.13. The summed E-state index contributed by atoms with van der Waals surface area (Å²) < 4.78 is 26.1. The Kier molecular flexibility index (Phi) is 4.16. The third-order valence-electron chi connectivity index (χ3n) is 3.28. The van der Waals surface area contributed by atoms with Gasteiger partial charge in [-0.15, -0.1) is 11.3 Å². The van der Waals surface area contributed by atoms with Gasteiger partial charge in [0.25, 0.3) is 5.91 Å². The van der Waals surface area contributed by atoms with E-state index in [0.29, 0.717) is 11.3 Å². The van der Waals surface area contributed by atoms with E-state index in [1.54, 1.807) is 30.4 Å². The lowest BCUT2D eigenvalue weighted by molar-refractivity contribution is 0.102. The van der Waals surface area contributed by atoms with Crippen molar-refractivity contribution in [3.05, 3.63) is 70.7 Å². The van der Waals surface area contributed by atoms with Crippen LogP contribution in [0.2, 0.25) is 0 Å². The lowest BCUT2D eigenvalue weighted by Crippen LogP contribution is -2.14. The zero-order valence-corrected chi connectivity index (χ0v) is 13.0. The summed E-state index contributed by atoms with van der Waals surface area (Å²) >= 11 is 1.56. The maximum Gasteiger partial charge on any atom is 0.257 e. The van der Waals surface area contributed by atoms with E-state index < -0.39 is 17.5 Å². The quantitative estimate of drug-likeness (QED) is 0.759. The van der Waals surface area contributed by atoms with Crippen LogP contribution in [0, 0.1) is 18.6 Å². The van der Waals surface area contributed by atoms with Gasteiger partial charge in [0.1, 0.15) is 0 Å². The second-order valence-electron chi connectivity index (χ2n) is 4.89. The van der Waals surface area contributed by atoms with Gasteiger partial charge >= 0.3 is 0 Å². The average molecular weight is 330 g/mol. The van der Waals surface area contributed by atoms with E-state index in [9.17, 15) is 13.6 Å². The summed E-state index contributed by atoms with van der Waals surface area (Å²) in [4.78, 5) is 17.7. The van der Waals surface area contributed by atoms with Crippen LogP contribution in [-0.2, 0) is 0 Å². The number of nitrogens with one attached hydrogen (secondary N) is 1. The van der Waals surface area contributed by atoms with Crippen LogP contribution in [0.4, 0.5) is 14.5 Å². The number of hydrogen-bond acceptors (Lipinski definition) is 3. The van der Waals surface area contributed by atoms with E-state index in [1.807, 2.05) is 17.5 Å². The lowest BCUT2D eigenvalue weighted by atomic mass is 10.1. The summed E-state index contributed by atoms with van der Waals surface area (Å²) in [5, 5.41) is 4.49. The maximum atomic E-state index is 13.2. The van der Waals surface area contributed by atoms with E-state index in [2.05, 4.69) is 10.3 Å². The van der Waals surface area contributed by atoms with Gasteiger partial charge < -0.3 is 5.32 Å². The predicted octanol–water partition coefficient (Wildman–Crippen LogP) is 4.65. The van der Waals surface area contributed by atoms with E-state index in [-0.39, 0.29) is 5.69 Å². The van der Waals surface area contributed by atoms with Gasteiger partial charge in [-0.2, -0.15) is 0 Å². The van der Waals surface area contributed by atoms with Crippen LogP contribution < -0.4 is 5.32 Å². The summed E-state index contributed by atoms with van der Waals surface area (Å²) in [7, 11) is 0. The molecule has 3 nitrogen and oxygen atoms in total. The Morgan fingerprint density at radius 1 is 1.13 bits per heavy atom. The number of pyridine rings is 1. The van der Waals surface area contributed by atoms with Crippen molar-refractivity contribution in [3.63, 3.8) is 0 Å². The number of aryl methyl sites for hydroxylation is 1. The molecule has 0 fully saturated rings. The highest BCUT2D eigenvalue weighted by Gasteiger charge is 2.13. The van der Waals surface area contributed by atoms with E-state index in [0.717, 1.165) is 22.7 Å². The molecule has 2 aromatic heterocycles. The summed E-state index contributed by atoms with van der Waals surface area (Å²) in [6.07, 6.45) is 0. The molecule has 0 bridgehead atoms. The minimum atomic E-state index is -1.01. The Balaban J connectivity index is 1.83. The molecule has 0 atom stereocenters. The number of amides is 1. The van der Waals surface area contributed by atoms with Crippen molar-refractivity contribution in [1.29, 1.82) is 0 Å². The topological polar surface area (TPSA) is 42.0 Å². The first-order chi connectivity index (χ1) is 11.0. The summed E-state index contributed by atoms with van der Waals surface area (Å²) in [5.41, 5.74) is 1.93. The van der Waals surface area contributed by atoms with Crippen LogP contribution in [0.25, 0.3) is 10.6 Å². The molecule has 3 rings (SSSR count). The first-order valence-electron chi connectivity index (χ1n) is 6.82. The number of anilines is 1. The largest absolute Gasteiger partial charge is 0.322 e. The molecule has 1 N–H and O–H groups in total. The minimum absolute atomic E-state index is 0.190. The molecule has 0 aliphatic carbocycles. The van der Waals surface area contributed by atoms with E-state index >= 15 is 0 Å². The fourth-order valence-corrected chi connectivity index (χ4v) is 2.83. The zero-order chi connectivity index (χ0) is 16.4. The molecule has 0 saturated heterocycles. The van der Waals surface area contributed by atoms with Crippen LogP contribution in [0.3, 0.4) is 0 Å². The number of thiophene rings is 1. The normalized spacial score (nSPS) is 10.6. The number of carbonyl (C=O) groups excluding carboxylic acids is 1. The van der Waals surface area contributed by atoms with Crippen LogP contribution in [0.15, 0.2) is 47.8 Å². The van der Waals surface area contributed by atoms with Crippen molar-refractivity contribution in [1.82, 2.24) is 4.98 Å². The van der Waals surface area contributed by atoms with Crippen molar-refractivity contribution in [3.8, 4) is 10.6 Å². The molecular formula is C17H12F2N2OS. The monoisotopic (exact) mass is 330 g/mol. The van der Waals surface area contributed by atoms with E-state index in [1.165, 1.54) is 6.07 Å². The number of carbonyl (C=O) groups is 1. The second-order valence-corrected chi connectivity index (χ2v) is 5.84. The molecule has 6 heteroatoms. The minimum Gasteiger partial charge on any atom is -0.322 e. The molecule has 0 radical (unpaired) electrons. The Hall–Kier alpha value is -2.60. The summed E-state index contributed by atoms with van der Waals surface area (Å²) in [6, 6.07) is 10.5. The third-order valence-corrected chi connectivity index (χ3v) is 4.17. The van der Waals surface area contributed by atoms with Crippen molar-refractivity contribution >= 4 is 22.9 Å². The summed E-state index contributed by atoms with van der Waals surface area (Å²) in [5.74, 6) is -2.38. The highest BCUT2D eigenvalue weighted by molar-refractivity contribution is 7.13. The predicted molar refractivity (Wildman–Crippen MR) is 86.6 cm³/mol. The molecule has 1 aromatic carbocycles. The Labute approximate surface area is 135 Å². The van der Waals surface area contributed by atoms with Gasteiger partial charge in [-0.3, -0.25) is 9.78 Å². The van der Waals surface area contributed by atoms with Gasteiger partial charge in [0.2, 0.25) is 0 Å². The van der Waals surface area contributed by atoms with Crippen molar-refractivity contribution in [2.45, 2.75) is 6.92 Å². The number of hydrogen-bond donors (Lipinski definition) is 1. The lowest BCUT2D eigenvalue weighted by Gasteiger charge is -2.09. The third kappa shape index (κ3) is 3.27. The first-order valence-corrected chi connectivity index (χ1v) is 7.70. The number of rotatable bonds is 3. The van der Waals surface area contributed by atoms with Crippen LogP contribution in [-0.4, -0.2) is 10.9 Å². The van der Waals surface area contributed by atoms with Gasteiger partial charge in [0.05, 0.1) is 21.8 Å². The Morgan fingerprint density at radius 2 is 1.96 bits per heavy atom. The molecule has 3 aromatic rings. The fraction of sp³-hybridized carbons (Fsp3) is 0.0588. The maximum absolute atomic E-state index is 13.2. The molecule has 0 unspecified atom stereocenters. The SMILES string of the molecule is Cc1nc(-c2cccs2)ccc1C(=O)Nc1ccc(F)c(F)c1. The van der Waals surface area contributed by atoms with Crippen LogP contribution in [0.5, 0.6) is 0 Å². The average Bonchev–Trinajstić information content (AvgIpc) is 3.05. The highest BCUT2D eigenvalue weighted by Crippen LogP contribution is 2.24. The number of benzene rings is 1. The number of nitrogens with zero attached hydrogens (tertiary/aromatic N) is 1. The van der Waals surface area contributed by atoms with Crippen LogP contribution in [0.1, 0.15) is 16.1 Å². The molecule has 0 aliphatic rings. The first kappa shape index (κ1) is 15.3. The molecule has 0 saturated carbocycles. The molecular weight excluding hydrogens is 318 g/mol. The van der Waals surface area contributed by atoms with Crippen LogP contribution >= 0.6 is 11.3 Å². The number of halogens is 2. The highest BCUT2D eigenvalue weighted by atomic mass is 32.1. The van der Waals surface area contributed by atoms with Gasteiger partial charge in [-0.25, -0.2) is 8.78 Å². The molecule has 0 spiro atoms. The van der Waals surface area contributed by atoms with E-state index in [4.69, 9.17) is 0 Å². The Bertz CT molecular complexity index is 863. The molecule has 1 amide bonds. The molecule has 23 heavy (non-hydrogen) atoms. The number of aromatic nitrogens is 1. The van der Waals surface area contributed by atoms with Gasteiger partial charge in [-0.1, -0.05) is 6.07 Å². The molecule has 0 aliphatic heterocycles. The standard InChI is InChI=1S/C17H12F2N2OS/c1-10-12(5-7-15(20-10)16-3-2-8-23-16)17(22)21-11-4-6-13(18)14(19)9-11/h2-9H,1H3,(H,21,22). The van der Waals surface area contributed by atoms with Crippen molar-refractivity contribution in [2.24, 2.45) is 0 Å². The van der Waals surface area contributed by atoms with Gasteiger partial charge in [0.15, 0.2) is 11.6 Å². The van der Waals surface area contributed by atoms with Gasteiger partial charge in [0, 0.05) is 11.8 Å². The van der Waals surface area contributed by atoms with Crippen molar-refractivity contribution in [2.75, 3.05) is 5.32 Å². The smallest absolute Gasteiger partial charge is 0.257 e. The second kappa shape index (κ2) is 6.26.